The fourth-order valence-corrected chi connectivity index (χ4v) is 3.97. The molecule has 2 N–H and O–H groups in total. The molecule has 4 nitrogen and oxygen atoms in total. The number of amides is 1. The van der Waals surface area contributed by atoms with Crippen molar-refractivity contribution >= 4 is 27.8 Å². The second kappa shape index (κ2) is 9.55. The second-order valence-corrected chi connectivity index (χ2v) is 8.06. The smallest absolute Gasteiger partial charge is 0.326 e. The van der Waals surface area contributed by atoms with Crippen LogP contribution >= 0.6 is 15.9 Å². The minimum Gasteiger partial charge on any atom is -0.480 e. The summed E-state index contributed by atoms with van der Waals surface area (Å²) in [5.41, 5.74) is 1.04. The summed E-state index contributed by atoms with van der Waals surface area (Å²) >= 11 is 3.21. The molecule has 0 aliphatic heterocycles. The normalized spacial score (nSPS) is 12.0. The lowest BCUT2D eigenvalue weighted by Crippen LogP contribution is -2.52. The fraction of sp³-hybridized carbons (Fsp3) is 0.120. The summed E-state index contributed by atoms with van der Waals surface area (Å²) in [4.78, 5) is 25.8. The molecule has 152 valence electrons. The number of hydrogen-bond donors (Lipinski definition) is 2. The van der Waals surface area contributed by atoms with Gasteiger partial charge in [0.15, 0.2) is 0 Å². The highest BCUT2D eigenvalue weighted by atomic mass is 79.9. The Hall–Kier alpha value is -3.18. The van der Waals surface area contributed by atoms with Gasteiger partial charge in [-0.3, -0.25) is 4.79 Å². The average molecular weight is 464 g/mol. The van der Waals surface area contributed by atoms with Gasteiger partial charge in [0.05, 0.1) is 0 Å². The Morgan fingerprint density at radius 1 is 0.833 bits per heavy atom. The van der Waals surface area contributed by atoms with Crippen LogP contribution in [-0.4, -0.2) is 23.0 Å². The maximum Gasteiger partial charge on any atom is 0.326 e. The van der Waals surface area contributed by atoms with Crippen molar-refractivity contribution in [1.82, 2.24) is 5.32 Å². The third-order valence-corrected chi connectivity index (χ3v) is 5.31. The quantitative estimate of drug-likeness (QED) is 0.467. The van der Waals surface area contributed by atoms with Gasteiger partial charge in [0.2, 0.25) is 5.91 Å². The molecule has 0 saturated heterocycles. The molecule has 3 aromatic rings. The van der Waals surface area contributed by atoms with E-state index in [1.807, 2.05) is 91.0 Å². The largest absolute Gasteiger partial charge is 0.480 e. The monoisotopic (exact) mass is 463 g/mol. The van der Waals surface area contributed by atoms with E-state index in [1.165, 1.54) is 0 Å². The zero-order valence-corrected chi connectivity index (χ0v) is 17.9. The zero-order chi connectivity index (χ0) is 21.6. The van der Waals surface area contributed by atoms with Crippen LogP contribution in [0.25, 0.3) is 0 Å². The SMILES string of the molecule is C=C(Br)C[C@H](NC(=O)C(c1ccccc1)(c1ccccc1)c1ccccc1)C(=O)O. The minimum atomic E-state index is -1.22. The number of carboxylic acid groups (broad SMARTS) is 1. The third kappa shape index (κ3) is 4.36. The van der Waals surface area contributed by atoms with Gasteiger partial charge in [-0.25, -0.2) is 4.79 Å². The Labute approximate surface area is 184 Å². The van der Waals surface area contributed by atoms with E-state index in [-0.39, 0.29) is 6.42 Å². The number of hydrogen-bond acceptors (Lipinski definition) is 2. The summed E-state index contributed by atoms with van der Waals surface area (Å²) < 4.78 is 0.500. The summed E-state index contributed by atoms with van der Waals surface area (Å²) in [5, 5.41) is 12.4. The number of carboxylic acids is 1. The van der Waals surface area contributed by atoms with Crippen LogP contribution < -0.4 is 5.32 Å². The Bertz CT molecular complexity index is 923. The Morgan fingerprint density at radius 3 is 1.50 bits per heavy atom. The first-order valence-corrected chi connectivity index (χ1v) is 10.3. The summed E-state index contributed by atoms with van der Waals surface area (Å²) in [6.45, 7) is 3.72. The summed E-state index contributed by atoms with van der Waals surface area (Å²) in [6.07, 6.45) is 0.0789. The first kappa shape index (κ1) is 21.5. The van der Waals surface area contributed by atoms with Crippen molar-refractivity contribution in [1.29, 1.82) is 0 Å². The first-order chi connectivity index (χ1) is 14.5. The highest BCUT2D eigenvalue weighted by molar-refractivity contribution is 9.11. The molecular weight excluding hydrogens is 442 g/mol. The van der Waals surface area contributed by atoms with Gasteiger partial charge < -0.3 is 10.4 Å². The van der Waals surface area contributed by atoms with Crippen molar-refractivity contribution in [3.8, 4) is 0 Å². The number of carbonyl (C=O) groups is 2. The Kier molecular flexibility index (Phi) is 6.85. The van der Waals surface area contributed by atoms with Gasteiger partial charge in [0.1, 0.15) is 11.5 Å². The number of halogens is 1. The van der Waals surface area contributed by atoms with Gasteiger partial charge in [0, 0.05) is 6.42 Å². The van der Waals surface area contributed by atoms with Gasteiger partial charge in [0.25, 0.3) is 0 Å². The highest BCUT2D eigenvalue weighted by Gasteiger charge is 2.44. The van der Waals surface area contributed by atoms with Crippen LogP contribution in [0.2, 0.25) is 0 Å². The first-order valence-electron chi connectivity index (χ1n) is 9.50. The van der Waals surface area contributed by atoms with Crippen LogP contribution in [0.4, 0.5) is 0 Å². The summed E-state index contributed by atoms with van der Waals surface area (Å²) in [6, 6.07) is 27.1. The summed E-state index contributed by atoms with van der Waals surface area (Å²) in [5.74, 6) is -1.53. The zero-order valence-electron chi connectivity index (χ0n) is 16.3. The molecule has 0 heterocycles. The van der Waals surface area contributed by atoms with E-state index >= 15 is 0 Å². The third-order valence-electron chi connectivity index (χ3n) is 4.99. The van der Waals surface area contributed by atoms with Gasteiger partial charge in [-0.15, -0.1) is 0 Å². The van der Waals surface area contributed by atoms with Gasteiger partial charge in [-0.05, 0) is 21.2 Å². The standard InChI is InChI=1S/C25H22BrNO3/c1-18(26)17-22(23(28)29)27-24(30)25(19-11-5-2-6-12-19,20-13-7-3-8-14-20)21-15-9-4-10-16-21/h2-16,22H,1,17H2,(H,27,30)(H,28,29)/t22-/m0/s1. The predicted molar refractivity (Wildman–Crippen MR) is 121 cm³/mol. The number of rotatable bonds is 8. The van der Waals surface area contributed by atoms with E-state index < -0.39 is 23.3 Å². The molecule has 5 heteroatoms. The molecule has 0 aromatic heterocycles. The molecule has 0 bridgehead atoms. The van der Waals surface area contributed by atoms with Gasteiger partial charge >= 0.3 is 5.97 Å². The van der Waals surface area contributed by atoms with Crippen molar-refractivity contribution in [3.63, 3.8) is 0 Å². The van der Waals surface area contributed by atoms with Gasteiger partial charge in [-0.1, -0.05) is 114 Å². The number of carbonyl (C=O) groups excluding carboxylic acids is 1. The van der Waals surface area contributed by atoms with Crippen molar-refractivity contribution in [2.75, 3.05) is 0 Å². The van der Waals surface area contributed by atoms with E-state index in [4.69, 9.17) is 0 Å². The van der Waals surface area contributed by atoms with Crippen molar-refractivity contribution in [2.24, 2.45) is 0 Å². The molecule has 30 heavy (non-hydrogen) atoms. The van der Waals surface area contributed by atoms with Crippen molar-refractivity contribution in [3.05, 3.63) is 119 Å². The maximum absolute atomic E-state index is 13.9. The van der Waals surface area contributed by atoms with Crippen LogP contribution in [0.15, 0.2) is 102 Å². The number of aliphatic carboxylic acids is 1. The molecule has 3 rings (SSSR count). The van der Waals surface area contributed by atoms with Gasteiger partial charge in [-0.2, -0.15) is 0 Å². The molecule has 0 spiro atoms. The van der Waals surface area contributed by atoms with E-state index in [0.717, 1.165) is 16.7 Å². The molecule has 0 aliphatic rings. The topological polar surface area (TPSA) is 66.4 Å². The van der Waals surface area contributed by atoms with Crippen LogP contribution in [0, 0.1) is 0 Å². The minimum absolute atomic E-state index is 0.0789. The fourth-order valence-electron chi connectivity index (χ4n) is 3.65. The maximum atomic E-state index is 13.9. The molecule has 1 amide bonds. The second-order valence-electron chi connectivity index (χ2n) is 6.93. The average Bonchev–Trinajstić information content (AvgIpc) is 2.76. The molecule has 1 atom stereocenters. The lowest BCUT2D eigenvalue weighted by molar-refractivity contribution is -0.142. The molecule has 0 fully saturated rings. The van der Waals surface area contributed by atoms with Crippen LogP contribution in [0.1, 0.15) is 23.1 Å². The number of nitrogens with one attached hydrogen (secondary N) is 1. The molecule has 0 radical (unpaired) electrons. The van der Waals surface area contributed by atoms with E-state index in [0.29, 0.717) is 4.48 Å². The molecular formula is C25H22BrNO3. The number of benzene rings is 3. The van der Waals surface area contributed by atoms with Crippen LogP contribution in [-0.2, 0) is 15.0 Å². The highest BCUT2D eigenvalue weighted by Crippen LogP contribution is 2.39. The lowest BCUT2D eigenvalue weighted by Gasteiger charge is -2.35. The van der Waals surface area contributed by atoms with Crippen molar-refractivity contribution < 1.29 is 14.7 Å². The molecule has 3 aromatic carbocycles. The molecule has 0 unspecified atom stereocenters. The van der Waals surface area contributed by atoms with Crippen LogP contribution in [0.3, 0.4) is 0 Å². The Balaban J connectivity index is 2.24. The predicted octanol–water partition coefficient (Wildman–Crippen LogP) is 4.89. The molecule has 0 saturated carbocycles. The van der Waals surface area contributed by atoms with Crippen molar-refractivity contribution in [2.45, 2.75) is 17.9 Å². The van der Waals surface area contributed by atoms with Crippen LogP contribution in [0.5, 0.6) is 0 Å². The molecule has 0 aliphatic carbocycles. The van der Waals surface area contributed by atoms with E-state index in [2.05, 4.69) is 27.8 Å². The van der Waals surface area contributed by atoms with E-state index in [1.54, 1.807) is 0 Å². The van der Waals surface area contributed by atoms with E-state index in [9.17, 15) is 14.7 Å². The summed E-state index contributed by atoms with van der Waals surface area (Å²) in [7, 11) is 0. The Morgan fingerprint density at radius 2 is 1.20 bits per heavy atom. The lowest BCUT2D eigenvalue weighted by atomic mass is 9.68.